The van der Waals surface area contributed by atoms with Crippen LogP contribution in [0.25, 0.3) is 10.9 Å². The summed E-state index contributed by atoms with van der Waals surface area (Å²) >= 11 is 11.7. The maximum absolute atomic E-state index is 14.7. The average Bonchev–Trinajstić information content (AvgIpc) is 3.09. The van der Waals surface area contributed by atoms with E-state index in [2.05, 4.69) is 9.97 Å². The van der Waals surface area contributed by atoms with E-state index in [-0.39, 0.29) is 27.9 Å². The Kier molecular flexibility index (Phi) is 5.53. The predicted molar refractivity (Wildman–Crippen MR) is 99.3 cm³/mol. The number of benzene rings is 1. The van der Waals surface area contributed by atoms with E-state index in [1.54, 1.807) is 24.5 Å². The maximum Gasteiger partial charge on any atom is 0.353 e. The number of aromatic nitrogens is 2. The van der Waals surface area contributed by atoms with Crippen LogP contribution < -0.4 is 10.1 Å². The lowest BCUT2D eigenvalue weighted by molar-refractivity contribution is -0.140. The number of nitrogens with one attached hydrogen (secondary N) is 2. The van der Waals surface area contributed by atoms with Crippen molar-refractivity contribution in [3.63, 3.8) is 0 Å². The van der Waals surface area contributed by atoms with Crippen LogP contribution in [0.5, 0.6) is 5.75 Å². The molecule has 0 saturated heterocycles. The average molecular weight is 414 g/mol. The number of hydrogen-bond acceptors (Lipinski definition) is 3. The molecule has 0 radical (unpaired) electrons. The number of aromatic amines is 1. The fourth-order valence-corrected chi connectivity index (χ4v) is 3.03. The quantitative estimate of drug-likeness (QED) is 0.446. The number of rotatable bonds is 6. The Balaban J connectivity index is 1.80. The number of hydrogen-bond donors (Lipinski definition) is 2. The van der Waals surface area contributed by atoms with Crippen molar-refractivity contribution in [3.8, 4) is 5.75 Å². The second-order valence-electron chi connectivity index (χ2n) is 5.76. The molecule has 27 heavy (non-hydrogen) atoms. The molecule has 3 rings (SSSR count). The lowest BCUT2D eigenvalue weighted by Crippen LogP contribution is -2.46. The van der Waals surface area contributed by atoms with Gasteiger partial charge in [-0.25, -0.2) is 4.98 Å². The molecule has 0 saturated carbocycles. The van der Waals surface area contributed by atoms with Crippen molar-refractivity contribution in [2.45, 2.75) is 25.5 Å². The molecule has 2 heterocycles. The van der Waals surface area contributed by atoms with Gasteiger partial charge in [0.2, 0.25) is 0 Å². The largest absolute Gasteiger partial charge is 0.477 e. The lowest BCUT2D eigenvalue weighted by atomic mass is 10.1. The molecule has 1 unspecified atom stereocenters. The van der Waals surface area contributed by atoms with Crippen LogP contribution >= 0.6 is 23.2 Å². The summed E-state index contributed by atoms with van der Waals surface area (Å²) in [5.41, 5.74) is 0.236. The summed E-state index contributed by atoms with van der Waals surface area (Å²) in [7, 11) is 0. The van der Waals surface area contributed by atoms with E-state index in [4.69, 9.17) is 27.9 Å². The van der Waals surface area contributed by atoms with Gasteiger partial charge in [0.25, 0.3) is 5.91 Å². The van der Waals surface area contributed by atoms with Gasteiger partial charge in [0, 0.05) is 17.1 Å². The SMILES string of the molecule is CCC(Oc1cnc(Cl)cc1Cl)C(=O)NC(F)(F)c1cccc2[nH]ccc12. The highest BCUT2D eigenvalue weighted by Crippen LogP contribution is 2.32. The van der Waals surface area contributed by atoms with Gasteiger partial charge in [0.15, 0.2) is 11.9 Å². The van der Waals surface area contributed by atoms with Crippen LogP contribution in [0.15, 0.2) is 42.7 Å². The summed E-state index contributed by atoms with van der Waals surface area (Å²) < 4.78 is 34.9. The van der Waals surface area contributed by atoms with Crippen molar-refractivity contribution in [2.75, 3.05) is 0 Å². The zero-order valence-electron chi connectivity index (χ0n) is 14.1. The monoisotopic (exact) mass is 413 g/mol. The molecule has 2 N–H and O–H groups in total. The van der Waals surface area contributed by atoms with Crippen LogP contribution in [0.3, 0.4) is 0 Å². The van der Waals surface area contributed by atoms with Gasteiger partial charge in [0.1, 0.15) is 5.15 Å². The molecule has 9 heteroatoms. The van der Waals surface area contributed by atoms with Crippen LogP contribution in [-0.2, 0) is 10.8 Å². The van der Waals surface area contributed by atoms with Crippen molar-refractivity contribution in [1.82, 2.24) is 15.3 Å². The van der Waals surface area contributed by atoms with E-state index in [1.165, 1.54) is 30.5 Å². The topological polar surface area (TPSA) is 67.0 Å². The van der Waals surface area contributed by atoms with Crippen molar-refractivity contribution in [3.05, 3.63) is 58.5 Å². The molecule has 2 aromatic heterocycles. The first-order valence-corrected chi connectivity index (χ1v) is 8.81. The fraction of sp³-hybridized carbons (Fsp3) is 0.222. The van der Waals surface area contributed by atoms with Crippen LogP contribution in [0.1, 0.15) is 18.9 Å². The molecule has 5 nitrogen and oxygen atoms in total. The number of carbonyl (C=O) groups is 1. The first-order chi connectivity index (χ1) is 12.8. The van der Waals surface area contributed by atoms with Crippen molar-refractivity contribution >= 4 is 40.0 Å². The third kappa shape index (κ3) is 4.14. The molecular formula is C18H15Cl2F2N3O2. The minimum absolute atomic E-state index is 0.0825. The lowest BCUT2D eigenvalue weighted by Gasteiger charge is -2.23. The predicted octanol–water partition coefficient (Wildman–Crippen LogP) is 4.89. The Hall–Kier alpha value is -2.38. The van der Waals surface area contributed by atoms with Gasteiger partial charge in [0.05, 0.1) is 16.8 Å². The van der Waals surface area contributed by atoms with E-state index in [9.17, 15) is 13.6 Å². The third-order valence-corrected chi connectivity index (χ3v) is 4.43. The van der Waals surface area contributed by atoms with E-state index >= 15 is 0 Å². The minimum Gasteiger partial charge on any atom is -0.477 e. The first-order valence-electron chi connectivity index (χ1n) is 8.06. The van der Waals surface area contributed by atoms with E-state index in [1.807, 2.05) is 0 Å². The van der Waals surface area contributed by atoms with Crippen LogP contribution in [0, 0.1) is 0 Å². The molecule has 0 aliphatic rings. The second-order valence-corrected chi connectivity index (χ2v) is 6.55. The van der Waals surface area contributed by atoms with Crippen molar-refractivity contribution in [1.29, 1.82) is 0 Å². The first kappa shape index (κ1) is 19.4. The highest BCUT2D eigenvalue weighted by Gasteiger charge is 2.37. The van der Waals surface area contributed by atoms with Gasteiger partial charge >= 0.3 is 6.05 Å². The van der Waals surface area contributed by atoms with Gasteiger partial charge < -0.3 is 9.72 Å². The Bertz CT molecular complexity index is 978. The molecule has 0 spiro atoms. The molecular weight excluding hydrogens is 399 g/mol. The van der Waals surface area contributed by atoms with Crippen LogP contribution in [0.2, 0.25) is 10.2 Å². The molecule has 0 aliphatic carbocycles. The maximum atomic E-state index is 14.7. The number of amides is 1. The summed E-state index contributed by atoms with van der Waals surface area (Å²) in [5, 5.41) is 2.36. The van der Waals surface area contributed by atoms with Gasteiger partial charge in [-0.1, -0.05) is 42.3 Å². The van der Waals surface area contributed by atoms with Gasteiger partial charge in [-0.15, -0.1) is 0 Å². The molecule has 3 aromatic rings. The van der Waals surface area contributed by atoms with E-state index in [0.29, 0.717) is 10.9 Å². The van der Waals surface area contributed by atoms with Gasteiger partial charge in [-0.2, -0.15) is 8.78 Å². The highest BCUT2D eigenvalue weighted by atomic mass is 35.5. The van der Waals surface area contributed by atoms with E-state index in [0.717, 1.165) is 0 Å². The van der Waals surface area contributed by atoms with Crippen LogP contribution in [0.4, 0.5) is 8.78 Å². The normalized spacial score (nSPS) is 12.8. The second kappa shape index (κ2) is 7.70. The zero-order chi connectivity index (χ0) is 19.6. The molecule has 1 atom stereocenters. The standard InChI is InChI=1S/C18H15Cl2F2N3O2/c1-2-14(27-15-9-24-16(20)8-12(15)19)17(26)25-18(21,22)11-4-3-5-13-10(11)6-7-23-13/h3-9,14,23H,2H2,1H3,(H,25,26). The molecule has 1 aromatic carbocycles. The van der Waals surface area contributed by atoms with Gasteiger partial charge in [-0.3, -0.25) is 10.1 Å². The molecule has 0 fully saturated rings. The number of halogens is 4. The number of ether oxygens (including phenoxy) is 1. The number of fused-ring (bicyclic) bond motifs is 1. The molecule has 1 amide bonds. The number of nitrogens with zero attached hydrogens (tertiary/aromatic N) is 1. The number of carbonyl (C=O) groups excluding carboxylic acids is 1. The summed E-state index contributed by atoms with van der Waals surface area (Å²) in [6.07, 6.45) is 1.76. The minimum atomic E-state index is -3.59. The molecule has 0 bridgehead atoms. The van der Waals surface area contributed by atoms with E-state index < -0.39 is 18.1 Å². The smallest absolute Gasteiger partial charge is 0.353 e. The number of H-pyrrole nitrogens is 1. The zero-order valence-corrected chi connectivity index (χ0v) is 15.6. The number of alkyl halides is 2. The third-order valence-electron chi connectivity index (χ3n) is 3.93. The Morgan fingerprint density at radius 1 is 1.37 bits per heavy atom. The fourth-order valence-electron chi connectivity index (χ4n) is 2.62. The van der Waals surface area contributed by atoms with Crippen molar-refractivity contribution < 1.29 is 18.3 Å². The summed E-state index contributed by atoms with van der Waals surface area (Å²) in [6.45, 7) is 1.63. The Morgan fingerprint density at radius 2 is 2.15 bits per heavy atom. The Labute approximate surface area is 163 Å². The van der Waals surface area contributed by atoms with Crippen LogP contribution in [-0.4, -0.2) is 22.0 Å². The van der Waals surface area contributed by atoms with Crippen molar-refractivity contribution in [2.24, 2.45) is 0 Å². The Morgan fingerprint density at radius 3 is 2.85 bits per heavy atom. The highest BCUT2D eigenvalue weighted by molar-refractivity contribution is 6.34. The van der Waals surface area contributed by atoms with Gasteiger partial charge in [-0.05, 0) is 24.6 Å². The number of pyridine rings is 1. The molecule has 0 aliphatic heterocycles. The molecule has 142 valence electrons. The summed E-state index contributed by atoms with van der Waals surface area (Å²) in [6, 6.07) is 3.70. The summed E-state index contributed by atoms with van der Waals surface area (Å²) in [4.78, 5) is 19.1. The summed E-state index contributed by atoms with van der Waals surface area (Å²) in [5.74, 6) is -0.889.